The number of carbonyl (C=O) groups is 1. The number of aryl methyl sites for hydroxylation is 2. The number of benzene rings is 2. The second kappa shape index (κ2) is 7.46. The summed E-state index contributed by atoms with van der Waals surface area (Å²) in [6.45, 7) is 4.51. The molecule has 2 aromatic carbocycles. The van der Waals surface area contributed by atoms with Crippen molar-refractivity contribution in [2.45, 2.75) is 20.5 Å². The predicted octanol–water partition coefficient (Wildman–Crippen LogP) is 5.20. The normalized spacial score (nSPS) is 10.9. The summed E-state index contributed by atoms with van der Waals surface area (Å²) in [7, 11) is 0. The van der Waals surface area contributed by atoms with Crippen LogP contribution in [-0.4, -0.2) is 15.9 Å². The highest BCUT2D eigenvalue weighted by Gasteiger charge is 2.12. The summed E-state index contributed by atoms with van der Waals surface area (Å²) in [6, 6.07) is 11.2. The quantitative estimate of drug-likeness (QED) is 0.504. The summed E-state index contributed by atoms with van der Waals surface area (Å²) in [4.78, 5) is 21.2. The zero-order valence-corrected chi connectivity index (χ0v) is 16.5. The van der Waals surface area contributed by atoms with Crippen LogP contribution in [-0.2, 0) is 6.61 Å². The standard InChI is InChI=1S/C20H17N3O2S2/c1-12-7-13(2)18-17(8-12)27-20(22-18)23-19(24)14-3-5-16(6-4-14)25-9-15-10-26-11-21-15/h3-8,10-11H,9H2,1-2H3,(H,22,23,24). The number of anilines is 1. The lowest BCUT2D eigenvalue weighted by molar-refractivity contribution is 0.102. The van der Waals surface area contributed by atoms with E-state index in [0.29, 0.717) is 23.1 Å². The largest absolute Gasteiger partial charge is 0.487 e. The molecule has 0 atom stereocenters. The number of aromatic nitrogens is 2. The molecule has 0 aliphatic heterocycles. The van der Waals surface area contributed by atoms with Gasteiger partial charge in [-0.25, -0.2) is 9.97 Å². The molecule has 136 valence electrons. The van der Waals surface area contributed by atoms with E-state index < -0.39 is 0 Å². The average molecular weight is 396 g/mol. The topological polar surface area (TPSA) is 64.1 Å². The number of rotatable bonds is 5. The van der Waals surface area contributed by atoms with E-state index in [1.165, 1.54) is 28.2 Å². The monoisotopic (exact) mass is 395 g/mol. The maximum atomic E-state index is 12.5. The van der Waals surface area contributed by atoms with E-state index in [0.717, 1.165) is 21.5 Å². The van der Waals surface area contributed by atoms with Crippen LogP contribution in [0.25, 0.3) is 10.2 Å². The fraction of sp³-hybridized carbons (Fsp3) is 0.150. The van der Waals surface area contributed by atoms with Gasteiger partial charge in [0.15, 0.2) is 5.13 Å². The van der Waals surface area contributed by atoms with E-state index in [1.807, 2.05) is 12.3 Å². The molecule has 27 heavy (non-hydrogen) atoms. The van der Waals surface area contributed by atoms with Crippen molar-refractivity contribution in [1.29, 1.82) is 0 Å². The van der Waals surface area contributed by atoms with Gasteiger partial charge in [-0.1, -0.05) is 17.4 Å². The molecule has 7 heteroatoms. The Bertz CT molecular complexity index is 1090. The summed E-state index contributed by atoms with van der Waals surface area (Å²) >= 11 is 3.02. The maximum absolute atomic E-state index is 12.5. The Hall–Kier alpha value is -2.77. The van der Waals surface area contributed by atoms with E-state index in [-0.39, 0.29) is 5.91 Å². The first-order valence-corrected chi connectivity index (χ1v) is 10.1. The molecule has 0 fully saturated rings. The molecule has 0 aliphatic rings. The number of hydrogen-bond acceptors (Lipinski definition) is 6. The third-order valence-corrected chi connectivity index (χ3v) is 5.59. The number of carbonyl (C=O) groups excluding carboxylic acids is 1. The van der Waals surface area contributed by atoms with Gasteiger partial charge in [0.05, 0.1) is 21.4 Å². The summed E-state index contributed by atoms with van der Waals surface area (Å²) in [5, 5.41) is 5.44. The number of nitrogens with zero attached hydrogens (tertiary/aromatic N) is 2. The van der Waals surface area contributed by atoms with E-state index in [2.05, 4.69) is 34.3 Å². The molecule has 0 saturated heterocycles. The van der Waals surface area contributed by atoms with Gasteiger partial charge < -0.3 is 4.74 Å². The van der Waals surface area contributed by atoms with Crippen LogP contribution in [0.3, 0.4) is 0 Å². The number of thiazole rings is 2. The van der Waals surface area contributed by atoms with Crippen LogP contribution in [0.15, 0.2) is 47.3 Å². The minimum Gasteiger partial charge on any atom is -0.487 e. The van der Waals surface area contributed by atoms with Crippen molar-refractivity contribution in [1.82, 2.24) is 9.97 Å². The molecule has 0 aliphatic carbocycles. The molecule has 0 radical (unpaired) electrons. The summed E-state index contributed by atoms with van der Waals surface area (Å²) in [5.41, 5.74) is 6.47. The molecular formula is C20H17N3O2S2. The average Bonchev–Trinajstić information content (AvgIpc) is 3.30. The lowest BCUT2D eigenvalue weighted by Crippen LogP contribution is -2.11. The molecule has 2 heterocycles. The highest BCUT2D eigenvalue weighted by molar-refractivity contribution is 7.22. The number of fused-ring (bicyclic) bond motifs is 1. The smallest absolute Gasteiger partial charge is 0.257 e. The zero-order chi connectivity index (χ0) is 18.8. The number of hydrogen-bond donors (Lipinski definition) is 1. The first-order chi connectivity index (χ1) is 13.1. The van der Waals surface area contributed by atoms with Gasteiger partial charge >= 0.3 is 0 Å². The van der Waals surface area contributed by atoms with Crippen molar-refractivity contribution in [3.63, 3.8) is 0 Å². The van der Waals surface area contributed by atoms with Gasteiger partial charge in [-0.05, 0) is 55.3 Å². The zero-order valence-electron chi connectivity index (χ0n) is 14.9. The van der Waals surface area contributed by atoms with Crippen LogP contribution >= 0.6 is 22.7 Å². The Kier molecular flexibility index (Phi) is 4.87. The lowest BCUT2D eigenvalue weighted by atomic mass is 10.1. The highest BCUT2D eigenvalue weighted by atomic mass is 32.1. The minimum absolute atomic E-state index is 0.186. The fourth-order valence-electron chi connectivity index (χ4n) is 2.76. The van der Waals surface area contributed by atoms with Gasteiger partial charge in [0, 0.05) is 10.9 Å². The molecule has 4 aromatic rings. The van der Waals surface area contributed by atoms with Crippen molar-refractivity contribution in [2.75, 3.05) is 5.32 Å². The third-order valence-electron chi connectivity index (χ3n) is 4.04. The Morgan fingerprint density at radius 1 is 1.19 bits per heavy atom. The van der Waals surface area contributed by atoms with Crippen LogP contribution in [0, 0.1) is 13.8 Å². The number of nitrogens with one attached hydrogen (secondary N) is 1. The third kappa shape index (κ3) is 3.99. The first-order valence-electron chi connectivity index (χ1n) is 8.37. The van der Waals surface area contributed by atoms with E-state index in [1.54, 1.807) is 29.8 Å². The molecule has 0 bridgehead atoms. The number of ether oxygens (including phenoxy) is 1. The molecule has 0 unspecified atom stereocenters. The van der Waals surface area contributed by atoms with Crippen molar-refractivity contribution < 1.29 is 9.53 Å². The summed E-state index contributed by atoms with van der Waals surface area (Å²) in [6.07, 6.45) is 0. The Morgan fingerprint density at radius 2 is 2.00 bits per heavy atom. The van der Waals surface area contributed by atoms with Gasteiger partial charge in [-0.3, -0.25) is 10.1 Å². The first kappa shape index (κ1) is 17.6. The van der Waals surface area contributed by atoms with Crippen molar-refractivity contribution in [2.24, 2.45) is 0 Å². The van der Waals surface area contributed by atoms with Gasteiger partial charge in [0.25, 0.3) is 5.91 Å². The molecule has 0 saturated carbocycles. The van der Waals surface area contributed by atoms with Gasteiger partial charge in [0.2, 0.25) is 0 Å². The van der Waals surface area contributed by atoms with Gasteiger partial charge in [-0.15, -0.1) is 11.3 Å². The van der Waals surface area contributed by atoms with Crippen molar-refractivity contribution in [3.8, 4) is 5.75 Å². The molecule has 5 nitrogen and oxygen atoms in total. The molecule has 0 spiro atoms. The maximum Gasteiger partial charge on any atom is 0.257 e. The van der Waals surface area contributed by atoms with Crippen LogP contribution in [0.4, 0.5) is 5.13 Å². The van der Waals surface area contributed by atoms with Crippen molar-refractivity contribution in [3.05, 3.63) is 69.7 Å². The summed E-state index contributed by atoms with van der Waals surface area (Å²) < 4.78 is 6.75. The van der Waals surface area contributed by atoms with Crippen LogP contribution in [0.5, 0.6) is 5.75 Å². The molecular weight excluding hydrogens is 378 g/mol. The van der Waals surface area contributed by atoms with Crippen LogP contribution in [0.1, 0.15) is 27.2 Å². The van der Waals surface area contributed by atoms with E-state index >= 15 is 0 Å². The molecule has 1 N–H and O–H groups in total. The molecule has 1 amide bonds. The SMILES string of the molecule is Cc1cc(C)c2nc(NC(=O)c3ccc(OCc4cscn4)cc3)sc2c1. The Balaban J connectivity index is 1.44. The van der Waals surface area contributed by atoms with E-state index in [9.17, 15) is 4.79 Å². The lowest BCUT2D eigenvalue weighted by Gasteiger charge is -2.06. The fourth-order valence-corrected chi connectivity index (χ4v) is 4.34. The second-order valence-corrected chi connectivity index (χ2v) is 7.94. The second-order valence-electron chi connectivity index (χ2n) is 6.19. The van der Waals surface area contributed by atoms with Crippen molar-refractivity contribution >= 4 is 43.9 Å². The van der Waals surface area contributed by atoms with Crippen LogP contribution < -0.4 is 10.1 Å². The van der Waals surface area contributed by atoms with E-state index in [4.69, 9.17) is 4.74 Å². The Labute approximate surface area is 164 Å². The summed E-state index contributed by atoms with van der Waals surface area (Å²) in [5.74, 6) is 0.514. The number of amides is 1. The predicted molar refractivity (Wildman–Crippen MR) is 110 cm³/mol. The molecule has 4 rings (SSSR count). The van der Waals surface area contributed by atoms with Crippen LogP contribution in [0.2, 0.25) is 0 Å². The highest BCUT2D eigenvalue weighted by Crippen LogP contribution is 2.29. The Morgan fingerprint density at radius 3 is 2.74 bits per heavy atom. The molecule has 2 aromatic heterocycles. The van der Waals surface area contributed by atoms with Gasteiger partial charge in [0.1, 0.15) is 12.4 Å². The minimum atomic E-state index is -0.186. The van der Waals surface area contributed by atoms with Gasteiger partial charge in [-0.2, -0.15) is 0 Å².